The summed E-state index contributed by atoms with van der Waals surface area (Å²) in [5.41, 5.74) is 1.64. The van der Waals surface area contributed by atoms with E-state index in [1.165, 1.54) is 0 Å². The van der Waals surface area contributed by atoms with Crippen molar-refractivity contribution in [3.8, 4) is 0 Å². The van der Waals surface area contributed by atoms with Crippen molar-refractivity contribution >= 4 is 27.4 Å². The smallest absolute Gasteiger partial charge is 0.218 e. The molecule has 1 aliphatic rings. The molecule has 2 heterocycles. The van der Waals surface area contributed by atoms with Crippen LogP contribution in [0, 0.1) is 6.92 Å². The van der Waals surface area contributed by atoms with Crippen molar-refractivity contribution in [1.82, 2.24) is 14.3 Å². The molecule has 0 unspecified atom stereocenters. The first kappa shape index (κ1) is 19.1. The van der Waals surface area contributed by atoms with Crippen LogP contribution in [0.25, 0.3) is 0 Å². The Morgan fingerprint density at radius 1 is 1.23 bits per heavy atom. The zero-order chi connectivity index (χ0) is 18.7. The van der Waals surface area contributed by atoms with Crippen LogP contribution in [0.1, 0.15) is 24.1 Å². The number of hydrogen-bond acceptors (Lipinski definition) is 5. The van der Waals surface area contributed by atoms with Gasteiger partial charge in [0.1, 0.15) is 12.1 Å². The van der Waals surface area contributed by atoms with Gasteiger partial charge in [0.15, 0.2) is 0 Å². The number of nitrogens with zero attached hydrogens (tertiary/aromatic N) is 4. The zero-order valence-electron chi connectivity index (χ0n) is 15.0. The molecule has 6 nitrogen and oxygen atoms in total. The van der Waals surface area contributed by atoms with Gasteiger partial charge in [-0.15, -0.1) is 0 Å². The second kappa shape index (κ2) is 7.90. The van der Waals surface area contributed by atoms with Gasteiger partial charge in [0.05, 0.1) is 5.75 Å². The van der Waals surface area contributed by atoms with Crippen molar-refractivity contribution in [2.75, 3.05) is 25.0 Å². The molecule has 2 aromatic rings. The number of sulfonamides is 1. The highest BCUT2D eigenvalue weighted by atomic mass is 35.5. The SMILES string of the molecule is Cc1cc(N(C)C2CCN(S(=O)(=O)Cc3cccc(Cl)c3)CC2)ncn1. The van der Waals surface area contributed by atoms with E-state index in [2.05, 4.69) is 14.9 Å². The maximum Gasteiger partial charge on any atom is 0.218 e. The number of benzene rings is 1. The van der Waals surface area contributed by atoms with Gasteiger partial charge in [0, 0.05) is 43.0 Å². The summed E-state index contributed by atoms with van der Waals surface area (Å²) < 4.78 is 27.0. The molecule has 0 saturated carbocycles. The van der Waals surface area contributed by atoms with Gasteiger partial charge in [-0.05, 0) is 37.5 Å². The van der Waals surface area contributed by atoms with Gasteiger partial charge in [-0.25, -0.2) is 22.7 Å². The standard InChI is InChI=1S/C18H23ClN4O2S/c1-14-10-18(21-13-20-14)22(2)17-6-8-23(9-7-17)26(24,25)12-15-4-3-5-16(19)11-15/h3-5,10-11,13,17H,6-9,12H2,1-2H3. The van der Waals surface area contributed by atoms with E-state index in [0.29, 0.717) is 23.7 Å². The third-order valence-corrected chi connectivity index (χ3v) is 6.84. The quantitative estimate of drug-likeness (QED) is 0.780. The molecule has 0 radical (unpaired) electrons. The summed E-state index contributed by atoms with van der Waals surface area (Å²) in [6, 6.07) is 9.23. The highest BCUT2D eigenvalue weighted by Crippen LogP contribution is 2.24. The average Bonchev–Trinajstić information content (AvgIpc) is 2.61. The Kier molecular flexibility index (Phi) is 5.79. The molecule has 8 heteroatoms. The van der Waals surface area contributed by atoms with E-state index >= 15 is 0 Å². The van der Waals surface area contributed by atoms with Crippen LogP contribution in [0.4, 0.5) is 5.82 Å². The topological polar surface area (TPSA) is 66.4 Å². The van der Waals surface area contributed by atoms with Gasteiger partial charge in [-0.3, -0.25) is 0 Å². The molecule has 0 spiro atoms. The van der Waals surface area contributed by atoms with Crippen molar-refractivity contribution in [2.45, 2.75) is 31.6 Å². The number of rotatable bonds is 5. The summed E-state index contributed by atoms with van der Waals surface area (Å²) in [7, 11) is -1.34. The van der Waals surface area contributed by atoms with Crippen molar-refractivity contribution in [3.05, 3.63) is 52.9 Å². The fourth-order valence-corrected chi connectivity index (χ4v) is 5.02. The van der Waals surface area contributed by atoms with Crippen LogP contribution in [-0.2, 0) is 15.8 Å². The van der Waals surface area contributed by atoms with Gasteiger partial charge in [-0.1, -0.05) is 23.7 Å². The molecule has 1 fully saturated rings. The molecule has 26 heavy (non-hydrogen) atoms. The van der Waals surface area contributed by atoms with Crippen LogP contribution in [-0.4, -0.2) is 48.9 Å². The Morgan fingerprint density at radius 3 is 2.62 bits per heavy atom. The van der Waals surface area contributed by atoms with E-state index < -0.39 is 10.0 Å². The van der Waals surface area contributed by atoms with Crippen LogP contribution < -0.4 is 4.90 Å². The lowest BCUT2D eigenvalue weighted by Crippen LogP contribution is -2.46. The second-order valence-electron chi connectivity index (χ2n) is 6.64. The lowest BCUT2D eigenvalue weighted by molar-refractivity contribution is 0.314. The fraction of sp³-hybridized carbons (Fsp3) is 0.444. The molecule has 1 aliphatic heterocycles. The number of hydrogen-bond donors (Lipinski definition) is 0. The predicted octanol–water partition coefficient (Wildman–Crippen LogP) is 2.87. The van der Waals surface area contributed by atoms with E-state index in [0.717, 1.165) is 24.4 Å². The summed E-state index contributed by atoms with van der Waals surface area (Å²) in [5.74, 6) is 0.858. The van der Waals surface area contributed by atoms with E-state index in [9.17, 15) is 8.42 Å². The fourth-order valence-electron chi connectivity index (χ4n) is 3.26. The predicted molar refractivity (Wildman–Crippen MR) is 104 cm³/mol. The Bertz CT molecular complexity index is 867. The minimum atomic E-state index is -3.34. The molecule has 3 rings (SSSR count). The normalized spacial score (nSPS) is 16.6. The lowest BCUT2D eigenvalue weighted by atomic mass is 10.1. The minimum absolute atomic E-state index is 0.0147. The number of aromatic nitrogens is 2. The molecule has 0 atom stereocenters. The Labute approximate surface area is 159 Å². The van der Waals surface area contributed by atoms with Gasteiger partial charge in [0.25, 0.3) is 0 Å². The first-order valence-electron chi connectivity index (χ1n) is 8.59. The molecule has 0 bridgehead atoms. The van der Waals surface area contributed by atoms with Gasteiger partial charge >= 0.3 is 0 Å². The van der Waals surface area contributed by atoms with E-state index in [1.807, 2.05) is 20.0 Å². The Morgan fingerprint density at radius 2 is 1.96 bits per heavy atom. The summed E-state index contributed by atoms with van der Waals surface area (Å²) in [6.45, 7) is 2.97. The molecule has 0 N–H and O–H groups in total. The van der Waals surface area contributed by atoms with Crippen molar-refractivity contribution in [2.24, 2.45) is 0 Å². The third kappa shape index (κ3) is 4.52. The summed E-state index contributed by atoms with van der Waals surface area (Å²) in [4.78, 5) is 10.6. The number of piperidine rings is 1. The molecule has 1 aromatic heterocycles. The Balaban J connectivity index is 1.62. The summed E-state index contributed by atoms with van der Waals surface area (Å²) in [6.07, 6.45) is 3.11. The number of anilines is 1. The van der Waals surface area contributed by atoms with E-state index in [1.54, 1.807) is 34.9 Å². The van der Waals surface area contributed by atoms with Crippen molar-refractivity contribution in [3.63, 3.8) is 0 Å². The minimum Gasteiger partial charge on any atom is -0.356 e. The van der Waals surface area contributed by atoms with Crippen molar-refractivity contribution in [1.29, 1.82) is 0 Å². The summed E-state index contributed by atoms with van der Waals surface area (Å²) in [5, 5.41) is 0.554. The first-order valence-corrected chi connectivity index (χ1v) is 10.6. The monoisotopic (exact) mass is 394 g/mol. The highest BCUT2D eigenvalue weighted by Gasteiger charge is 2.30. The van der Waals surface area contributed by atoms with Crippen LogP contribution in [0.3, 0.4) is 0 Å². The maximum atomic E-state index is 12.7. The first-order chi connectivity index (χ1) is 12.3. The van der Waals surface area contributed by atoms with Gasteiger partial charge in [-0.2, -0.15) is 0 Å². The van der Waals surface area contributed by atoms with Crippen LogP contribution in [0.15, 0.2) is 36.7 Å². The van der Waals surface area contributed by atoms with Crippen LogP contribution in [0.5, 0.6) is 0 Å². The van der Waals surface area contributed by atoms with E-state index in [4.69, 9.17) is 11.6 Å². The number of halogens is 1. The maximum absolute atomic E-state index is 12.7. The molecule has 0 amide bonds. The molecular weight excluding hydrogens is 372 g/mol. The second-order valence-corrected chi connectivity index (χ2v) is 9.05. The van der Waals surface area contributed by atoms with E-state index in [-0.39, 0.29) is 11.8 Å². The molecular formula is C18H23ClN4O2S. The number of aryl methyl sites for hydroxylation is 1. The average molecular weight is 395 g/mol. The highest BCUT2D eigenvalue weighted by molar-refractivity contribution is 7.88. The third-order valence-electron chi connectivity index (χ3n) is 4.75. The van der Waals surface area contributed by atoms with Crippen molar-refractivity contribution < 1.29 is 8.42 Å². The Hall–Kier alpha value is -1.70. The van der Waals surface area contributed by atoms with Crippen LogP contribution >= 0.6 is 11.6 Å². The van der Waals surface area contributed by atoms with Gasteiger partial charge < -0.3 is 4.90 Å². The molecule has 140 valence electrons. The zero-order valence-corrected chi connectivity index (χ0v) is 16.5. The lowest BCUT2D eigenvalue weighted by Gasteiger charge is -2.36. The molecule has 0 aliphatic carbocycles. The van der Waals surface area contributed by atoms with Crippen LogP contribution in [0.2, 0.25) is 5.02 Å². The largest absolute Gasteiger partial charge is 0.356 e. The van der Waals surface area contributed by atoms with Gasteiger partial charge in [0.2, 0.25) is 10.0 Å². The molecule has 1 aromatic carbocycles. The molecule has 1 saturated heterocycles. The summed E-state index contributed by atoms with van der Waals surface area (Å²) >= 11 is 5.96.